The normalized spacial score (nSPS) is 9.92. The number of ether oxygens (including phenoxy) is 1. The van der Waals surface area contributed by atoms with Gasteiger partial charge in [-0.05, 0) is 48.9 Å². The summed E-state index contributed by atoms with van der Waals surface area (Å²) >= 11 is 5.89. The molecule has 0 radical (unpaired) electrons. The minimum Gasteiger partial charge on any atom is -0.452 e. The summed E-state index contributed by atoms with van der Waals surface area (Å²) in [5.74, 6) is -2.44. The first-order chi connectivity index (χ1) is 11.4. The van der Waals surface area contributed by atoms with Gasteiger partial charge in [0.1, 0.15) is 5.82 Å². The maximum atomic E-state index is 13.7. The quantitative estimate of drug-likeness (QED) is 0.860. The molecule has 0 aliphatic rings. The van der Waals surface area contributed by atoms with Crippen LogP contribution in [0.4, 0.5) is 10.1 Å². The van der Waals surface area contributed by atoms with Crippen LogP contribution in [0.25, 0.3) is 0 Å². The minimum absolute atomic E-state index is 0.0832. The molecule has 1 N–H and O–H groups in total. The summed E-state index contributed by atoms with van der Waals surface area (Å²) in [6, 6.07) is 10.0. The molecular weight excluding hydrogens is 335 g/mol. The predicted molar refractivity (Wildman–Crippen MR) is 86.2 cm³/mol. The lowest BCUT2D eigenvalue weighted by atomic mass is 10.1. The van der Waals surface area contributed by atoms with Crippen molar-refractivity contribution in [1.29, 1.82) is 5.26 Å². The number of esters is 1. The maximum Gasteiger partial charge on any atom is 0.341 e. The molecule has 2 aromatic rings. The topological polar surface area (TPSA) is 79.2 Å². The zero-order valence-electron chi connectivity index (χ0n) is 12.6. The predicted octanol–water partition coefficient (Wildman–Crippen LogP) is 3.45. The van der Waals surface area contributed by atoms with Crippen molar-refractivity contribution in [2.45, 2.75) is 6.92 Å². The summed E-state index contributed by atoms with van der Waals surface area (Å²) in [5, 5.41) is 11.8. The van der Waals surface area contributed by atoms with E-state index in [2.05, 4.69) is 5.32 Å². The van der Waals surface area contributed by atoms with E-state index in [4.69, 9.17) is 21.6 Å². The molecule has 0 saturated heterocycles. The number of hydrogen-bond donors (Lipinski definition) is 1. The fourth-order valence-electron chi connectivity index (χ4n) is 1.88. The van der Waals surface area contributed by atoms with Crippen molar-refractivity contribution in [3.05, 3.63) is 63.9 Å². The minimum atomic E-state index is -0.987. The van der Waals surface area contributed by atoms with Crippen LogP contribution in [0.3, 0.4) is 0 Å². The van der Waals surface area contributed by atoms with Gasteiger partial charge >= 0.3 is 5.97 Å². The lowest BCUT2D eigenvalue weighted by Gasteiger charge is -2.08. The van der Waals surface area contributed by atoms with Gasteiger partial charge in [-0.15, -0.1) is 0 Å². The van der Waals surface area contributed by atoms with Crippen molar-refractivity contribution in [2.24, 2.45) is 0 Å². The molecule has 0 aromatic heterocycles. The first-order valence-corrected chi connectivity index (χ1v) is 7.21. The molecule has 0 unspecified atom stereocenters. The second-order valence-corrected chi connectivity index (χ2v) is 5.30. The summed E-state index contributed by atoms with van der Waals surface area (Å²) in [6.45, 7) is 1.21. The highest BCUT2D eigenvalue weighted by Crippen LogP contribution is 2.19. The molecule has 122 valence electrons. The Morgan fingerprint density at radius 1 is 1.29 bits per heavy atom. The van der Waals surface area contributed by atoms with E-state index in [1.54, 1.807) is 31.2 Å². The Balaban J connectivity index is 1.95. The van der Waals surface area contributed by atoms with Crippen molar-refractivity contribution < 1.29 is 18.7 Å². The lowest BCUT2D eigenvalue weighted by Crippen LogP contribution is -2.21. The number of hydrogen-bond acceptors (Lipinski definition) is 4. The fraction of sp³-hybridized carbons (Fsp3) is 0.118. The van der Waals surface area contributed by atoms with E-state index in [0.717, 1.165) is 17.7 Å². The number of benzene rings is 2. The van der Waals surface area contributed by atoms with Crippen molar-refractivity contribution >= 4 is 29.2 Å². The Morgan fingerprint density at radius 2 is 2.04 bits per heavy atom. The molecule has 7 heteroatoms. The molecule has 0 fully saturated rings. The van der Waals surface area contributed by atoms with Crippen molar-refractivity contribution in [3.8, 4) is 6.07 Å². The first kappa shape index (κ1) is 17.4. The highest BCUT2D eigenvalue weighted by molar-refractivity contribution is 6.31. The van der Waals surface area contributed by atoms with Crippen molar-refractivity contribution in [1.82, 2.24) is 0 Å². The lowest BCUT2D eigenvalue weighted by molar-refractivity contribution is -0.119. The number of nitrogens with zero attached hydrogens (tertiary/aromatic N) is 1. The number of nitriles is 1. The molecule has 0 aliphatic heterocycles. The van der Waals surface area contributed by atoms with Gasteiger partial charge in [0, 0.05) is 10.7 Å². The van der Waals surface area contributed by atoms with E-state index in [1.165, 1.54) is 6.07 Å². The number of aryl methyl sites for hydroxylation is 1. The molecule has 0 bridgehead atoms. The van der Waals surface area contributed by atoms with E-state index < -0.39 is 24.3 Å². The summed E-state index contributed by atoms with van der Waals surface area (Å²) in [4.78, 5) is 23.5. The third kappa shape index (κ3) is 4.31. The Morgan fingerprint density at radius 3 is 2.67 bits per heavy atom. The van der Waals surface area contributed by atoms with Gasteiger partial charge in [-0.2, -0.15) is 5.26 Å². The number of halogens is 2. The fourth-order valence-corrected chi connectivity index (χ4v) is 2.00. The number of nitrogens with one attached hydrogen (secondary N) is 1. The zero-order chi connectivity index (χ0) is 17.7. The Bertz CT molecular complexity index is 846. The number of carbonyl (C=O) groups excluding carboxylic acids is 2. The zero-order valence-corrected chi connectivity index (χ0v) is 13.4. The van der Waals surface area contributed by atoms with Gasteiger partial charge in [0.05, 0.1) is 17.2 Å². The average molecular weight is 347 g/mol. The summed E-state index contributed by atoms with van der Waals surface area (Å²) in [6.07, 6.45) is 0. The van der Waals surface area contributed by atoms with Gasteiger partial charge in [0.25, 0.3) is 5.91 Å². The second kappa shape index (κ2) is 7.57. The summed E-state index contributed by atoms with van der Waals surface area (Å²) < 4.78 is 18.4. The Hall–Kier alpha value is -2.91. The van der Waals surface area contributed by atoms with Crippen LogP contribution in [0.15, 0.2) is 36.4 Å². The van der Waals surface area contributed by atoms with Gasteiger partial charge in [0.15, 0.2) is 6.61 Å². The molecule has 2 rings (SSSR count). The van der Waals surface area contributed by atoms with Crippen LogP contribution in [-0.2, 0) is 9.53 Å². The van der Waals surface area contributed by atoms with E-state index in [0.29, 0.717) is 10.7 Å². The molecule has 0 atom stereocenters. The molecule has 0 aliphatic carbocycles. The third-order valence-corrected chi connectivity index (χ3v) is 3.52. The van der Waals surface area contributed by atoms with Crippen LogP contribution < -0.4 is 5.32 Å². The van der Waals surface area contributed by atoms with E-state index >= 15 is 0 Å². The summed E-state index contributed by atoms with van der Waals surface area (Å²) in [7, 11) is 0. The second-order valence-electron chi connectivity index (χ2n) is 4.89. The number of anilines is 1. The van der Waals surface area contributed by atoms with Crippen LogP contribution in [0, 0.1) is 24.1 Å². The molecule has 1 amide bonds. The first-order valence-electron chi connectivity index (χ1n) is 6.83. The Kier molecular flexibility index (Phi) is 5.51. The van der Waals surface area contributed by atoms with E-state index in [-0.39, 0.29) is 11.1 Å². The van der Waals surface area contributed by atoms with Gasteiger partial charge < -0.3 is 10.1 Å². The molecule has 5 nitrogen and oxygen atoms in total. The van der Waals surface area contributed by atoms with E-state index in [9.17, 15) is 14.0 Å². The summed E-state index contributed by atoms with van der Waals surface area (Å²) in [5.41, 5.74) is 1.03. The van der Waals surface area contributed by atoms with Gasteiger partial charge in [-0.1, -0.05) is 11.6 Å². The third-order valence-electron chi connectivity index (χ3n) is 3.09. The highest BCUT2D eigenvalue weighted by Gasteiger charge is 2.15. The van der Waals surface area contributed by atoms with Crippen LogP contribution >= 0.6 is 11.6 Å². The molecule has 0 heterocycles. The van der Waals surface area contributed by atoms with Gasteiger partial charge in [0.2, 0.25) is 0 Å². The molecule has 24 heavy (non-hydrogen) atoms. The van der Waals surface area contributed by atoms with Crippen molar-refractivity contribution in [3.63, 3.8) is 0 Å². The Labute approximate surface area is 142 Å². The largest absolute Gasteiger partial charge is 0.452 e. The number of rotatable bonds is 4. The molecular formula is C17H12ClFN2O3. The van der Waals surface area contributed by atoms with Crippen molar-refractivity contribution in [2.75, 3.05) is 11.9 Å². The monoisotopic (exact) mass is 346 g/mol. The SMILES string of the molecule is Cc1cc(NC(=O)COC(=O)c2ccc(C#N)cc2F)ccc1Cl. The van der Waals surface area contributed by atoms with Crippen LogP contribution in [0.1, 0.15) is 21.5 Å². The smallest absolute Gasteiger partial charge is 0.341 e. The average Bonchev–Trinajstić information content (AvgIpc) is 2.56. The van der Waals surface area contributed by atoms with Gasteiger partial charge in [-0.25, -0.2) is 9.18 Å². The van der Waals surface area contributed by atoms with Gasteiger partial charge in [-0.3, -0.25) is 4.79 Å². The number of carbonyl (C=O) groups is 2. The van der Waals surface area contributed by atoms with Crippen LogP contribution in [0.5, 0.6) is 0 Å². The van der Waals surface area contributed by atoms with Crippen LogP contribution in [-0.4, -0.2) is 18.5 Å². The van der Waals surface area contributed by atoms with E-state index in [1.807, 2.05) is 0 Å². The maximum absolute atomic E-state index is 13.7. The highest BCUT2D eigenvalue weighted by atomic mass is 35.5. The molecule has 2 aromatic carbocycles. The number of amides is 1. The van der Waals surface area contributed by atoms with Crippen LogP contribution in [0.2, 0.25) is 5.02 Å². The standard InChI is InChI=1S/C17H12ClFN2O3/c1-10-6-12(3-5-14(10)18)21-16(22)9-24-17(23)13-4-2-11(8-20)7-15(13)19/h2-7H,9H2,1H3,(H,21,22). The molecule has 0 saturated carbocycles. The molecule has 0 spiro atoms.